The molecule has 2 aliphatic heterocycles. The minimum absolute atomic E-state index is 0.0363. The molecule has 2 aliphatic rings. The molecular formula is C16H26N6O3. The van der Waals surface area contributed by atoms with Crippen LogP contribution in [0.15, 0.2) is 12.4 Å². The van der Waals surface area contributed by atoms with Crippen molar-refractivity contribution >= 4 is 17.7 Å². The number of hydrogen-bond donors (Lipinski definition) is 2. The number of carbonyl (C=O) groups is 1. The van der Waals surface area contributed by atoms with Gasteiger partial charge in [0.25, 0.3) is 0 Å². The highest BCUT2D eigenvalue weighted by atomic mass is 16.6. The number of aromatic nitrogens is 2. The average molecular weight is 350 g/mol. The zero-order valence-corrected chi connectivity index (χ0v) is 14.8. The van der Waals surface area contributed by atoms with E-state index in [1.165, 1.54) is 0 Å². The molecule has 2 atom stereocenters. The average Bonchev–Trinajstić information content (AvgIpc) is 2.86. The Morgan fingerprint density at radius 2 is 2.36 bits per heavy atom. The smallest absolute Gasteiger partial charge is 0.314 e. The van der Waals surface area contributed by atoms with Crippen LogP contribution in [-0.4, -0.2) is 79.5 Å². The second-order valence-corrected chi connectivity index (χ2v) is 6.81. The number of nitrogens with zero attached hydrogens (tertiary/aromatic N) is 4. The van der Waals surface area contributed by atoms with E-state index in [2.05, 4.69) is 15.3 Å². The van der Waals surface area contributed by atoms with Crippen LogP contribution in [0.3, 0.4) is 0 Å². The highest BCUT2D eigenvalue weighted by Gasteiger charge is 2.43. The summed E-state index contributed by atoms with van der Waals surface area (Å²) in [7, 11) is 3.87. The molecule has 0 bridgehead atoms. The lowest BCUT2D eigenvalue weighted by Gasteiger charge is -2.31. The van der Waals surface area contributed by atoms with E-state index in [0.29, 0.717) is 32.8 Å². The van der Waals surface area contributed by atoms with Crippen LogP contribution in [0.4, 0.5) is 16.4 Å². The molecule has 0 aliphatic carbocycles. The van der Waals surface area contributed by atoms with Gasteiger partial charge in [0, 0.05) is 33.3 Å². The molecule has 0 radical (unpaired) electrons. The quantitative estimate of drug-likeness (QED) is 0.803. The molecule has 0 saturated carbocycles. The van der Waals surface area contributed by atoms with Crippen LogP contribution >= 0.6 is 0 Å². The van der Waals surface area contributed by atoms with E-state index in [1.54, 1.807) is 11.2 Å². The Hall–Kier alpha value is -2.13. The standard InChI is InChI=1S/C16H26N6O3/c1-21(2)14-7-13(19-11-20-14)18-8-12-3-4-16(25-12)9-22(15(17)23)5-6-24-10-16/h7,11-12H,3-6,8-10H2,1-2H3,(H2,17,23)(H,18,19,20)/t12-,16-/m0/s1. The summed E-state index contributed by atoms with van der Waals surface area (Å²) in [6, 6.07) is 1.47. The minimum Gasteiger partial charge on any atom is -0.377 e. The first kappa shape index (κ1) is 17.7. The van der Waals surface area contributed by atoms with Gasteiger partial charge in [0.15, 0.2) is 0 Å². The lowest BCUT2D eigenvalue weighted by atomic mass is 10.0. The molecule has 25 heavy (non-hydrogen) atoms. The molecule has 3 heterocycles. The first-order valence-corrected chi connectivity index (χ1v) is 8.51. The fraction of sp³-hybridized carbons (Fsp3) is 0.688. The highest BCUT2D eigenvalue weighted by molar-refractivity contribution is 5.72. The Morgan fingerprint density at radius 1 is 1.52 bits per heavy atom. The van der Waals surface area contributed by atoms with E-state index in [4.69, 9.17) is 15.2 Å². The molecule has 0 unspecified atom stereocenters. The monoisotopic (exact) mass is 350 g/mol. The first-order valence-electron chi connectivity index (χ1n) is 8.51. The van der Waals surface area contributed by atoms with Gasteiger partial charge in [-0.2, -0.15) is 0 Å². The summed E-state index contributed by atoms with van der Waals surface area (Å²) < 4.78 is 11.9. The van der Waals surface area contributed by atoms with Crippen LogP contribution in [0.25, 0.3) is 0 Å². The molecule has 1 spiro atoms. The maximum absolute atomic E-state index is 11.5. The van der Waals surface area contributed by atoms with Gasteiger partial charge in [-0.1, -0.05) is 0 Å². The third-order valence-corrected chi connectivity index (χ3v) is 4.62. The predicted octanol–water partition coefficient (Wildman–Crippen LogP) is 0.283. The zero-order valence-electron chi connectivity index (χ0n) is 14.8. The molecule has 138 valence electrons. The Bertz CT molecular complexity index is 613. The minimum atomic E-state index is -0.460. The summed E-state index contributed by atoms with van der Waals surface area (Å²) in [5, 5.41) is 3.30. The first-order chi connectivity index (χ1) is 12.0. The largest absolute Gasteiger partial charge is 0.377 e. The number of carbonyl (C=O) groups excluding carboxylic acids is 1. The molecule has 9 nitrogen and oxygen atoms in total. The number of rotatable bonds is 4. The van der Waals surface area contributed by atoms with Crippen LogP contribution in [0, 0.1) is 0 Å². The summed E-state index contributed by atoms with van der Waals surface area (Å²) >= 11 is 0. The van der Waals surface area contributed by atoms with E-state index in [9.17, 15) is 4.79 Å². The molecule has 3 N–H and O–H groups in total. The number of amides is 2. The fourth-order valence-corrected chi connectivity index (χ4v) is 3.26. The van der Waals surface area contributed by atoms with Crippen molar-refractivity contribution in [2.24, 2.45) is 5.73 Å². The van der Waals surface area contributed by atoms with Crippen molar-refractivity contribution in [2.45, 2.75) is 24.5 Å². The maximum Gasteiger partial charge on any atom is 0.314 e. The van der Waals surface area contributed by atoms with Gasteiger partial charge in [-0.05, 0) is 12.8 Å². The van der Waals surface area contributed by atoms with E-state index < -0.39 is 11.6 Å². The molecule has 2 amide bonds. The number of urea groups is 1. The Labute approximate surface area is 147 Å². The SMILES string of the molecule is CN(C)c1cc(NC[C@@H]2CC[C@]3(COCCN(C(N)=O)C3)O2)ncn1. The van der Waals surface area contributed by atoms with Crippen LogP contribution in [0.5, 0.6) is 0 Å². The van der Waals surface area contributed by atoms with Crippen molar-refractivity contribution < 1.29 is 14.3 Å². The van der Waals surface area contributed by atoms with Crippen LogP contribution in [0.2, 0.25) is 0 Å². The Balaban J connectivity index is 1.57. The van der Waals surface area contributed by atoms with Gasteiger partial charge in [-0.25, -0.2) is 14.8 Å². The molecule has 3 rings (SSSR count). The molecule has 1 aromatic heterocycles. The molecule has 0 aromatic carbocycles. The second-order valence-electron chi connectivity index (χ2n) is 6.81. The molecule has 2 fully saturated rings. The van der Waals surface area contributed by atoms with Crippen LogP contribution < -0.4 is 16.0 Å². The maximum atomic E-state index is 11.5. The van der Waals surface area contributed by atoms with Crippen molar-refractivity contribution in [1.29, 1.82) is 0 Å². The summed E-state index contributed by atoms with van der Waals surface area (Å²) in [6.45, 7) is 2.62. The van der Waals surface area contributed by atoms with Gasteiger partial charge in [-0.3, -0.25) is 0 Å². The molecule has 2 saturated heterocycles. The van der Waals surface area contributed by atoms with Gasteiger partial charge >= 0.3 is 6.03 Å². The third kappa shape index (κ3) is 4.29. The van der Waals surface area contributed by atoms with E-state index in [0.717, 1.165) is 24.5 Å². The molecule has 9 heteroatoms. The topological polar surface area (TPSA) is 106 Å². The summed E-state index contributed by atoms with van der Waals surface area (Å²) in [5.74, 6) is 1.61. The van der Waals surface area contributed by atoms with E-state index in [1.807, 2.05) is 25.1 Å². The van der Waals surface area contributed by atoms with Crippen molar-refractivity contribution in [3.63, 3.8) is 0 Å². The Kier molecular flexibility index (Phi) is 5.24. The van der Waals surface area contributed by atoms with Crippen molar-refractivity contribution in [2.75, 3.05) is 57.2 Å². The molecule has 1 aromatic rings. The van der Waals surface area contributed by atoms with E-state index in [-0.39, 0.29) is 6.10 Å². The number of nitrogens with one attached hydrogen (secondary N) is 1. The fourth-order valence-electron chi connectivity index (χ4n) is 3.26. The van der Waals surface area contributed by atoms with Gasteiger partial charge < -0.3 is 30.3 Å². The van der Waals surface area contributed by atoms with Crippen molar-refractivity contribution in [3.8, 4) is 0 Å². The highest BCUT2D eigenvalue weighted by Crippen LogP contribution is 2.33. The van der Waals surface area contributed by atoms with Gasteiger partial charge in [0.2, 0.25) is 0 Å². The van der Waals surface area contributed by atoms with Gasteiger partial charge in [-0.15, -0.1) is 0 Å². The number of nitrogens with two attached hydrogens (primary N) is 1. The third-order valence-electron chi connectivity index (χ3n) is 4.62. The number of hydrogen-bond acceptors (Lipinski definition) is 7. The number of anilines is 2. The lowest BCUT2D eigenvalue weighted by Crippen LogP contribution is -2.48. The van der Waals surface area contributed by atoms with Gasteiger partial charge in [0.05, 0.1) is 25.9 Å². The zero-order chi connectivity index (χ0) is 17.9. The Morgan fingerprint density at radius 3 is 3.12 bits per heavy atom. The normalized spacial score (nSPS) is 26.5. The van der Waals surface area contributed by atoms with Crippen molar-refractivity contribution in [1.82, 2.24) is 14.9 Å². The number of primary amides is 1. The van der Waals surface area contributed by atoms with E-state index >= 15 is 0 Å². The van der Waals surface area contributed by atoms with Crippen molar-refractivity contribution in [3.05, 3.63) is 12.4 Å². The lowest BCUT2D eigenvalue weighted by molar-refractivity contribution is -0.0795. The summed E-state index contributed by atoms with van der Waals surface area (Å²) in [6.07, 6.45) is 3.32. The second kappa shape index (κ2) is 7.40. The summed E-state index contributed by atoms with van der Waals surface area (Å²) in [5.41, 5.74) is 4.98. The van der Waals surface area contributed by atoms with Gasteiger partial charge in [0.1, 0.15) is 23.6 Å². The summed E-state index contributed by atoms with van der Waals surface area (Å²) in [4.78, 5) is 23.5. The predicted molar refractivity (Wildman–Crippen MR) is 93.7 cm³/mol. The number of ether oxygens (including phenoxy) is 2. The molecular weight excluding hydrogens is 324 g/mol. The van der Waals surface area contributed by atoms with Crippen LogP contribution in [-0.2, 0) is 9.47 Å². The van der Waals surface area contributed by atoms with Crippen LogP contribution in [0.1, 0.15) is 12.8 Å².